The summed E-state index contributed by atoms with van der Waals surface area (Å²) in [4.78, 5) is 13.0. The van der Waals surface area contributed by atoms with E-state index >= 15 is 0 Å². The van der Waals surface area contributed by atoms with Crippen LogP contribution in [0.1, 0.15) is 10.4 Å². The molecule has 5 nitrogen and oxygen atoms in total. The fourth-order valence-electron chi connectivity index (χ4n) is 3.79. The Bertz CT molecular complexity index is 1420. The van der Waals surface area contributed by atoms with Gasteiger partial charge in [0.2, 0.25) is 0 Å². The molecule has 5 aromatic rings. The highest BCUT2D eigenvalue weighted by Gasteiger charge is 2.18. The molecule has 0 amide bonds. The van der Waals surface area contributed by atoms with Crippen LogP contribution in [0.2, 0.25) is 0 Å². The summed E-state index contributed by atoms with van der Waals surface area (Å²) in [6.45, 7) is 0. The minimum absolute atomic E-state index is 0.0446. The zero-order chi connectivity index (χ0) is 24.0. The van der Waals surface area contributed by atoms with Gasteiger partial charge in [0.1, 0.15) is 5.75 Å². The number of para-hydroxylation sites is 1. The fraction of sp³-hybridized carbons (Fsp3) is 0.0690. The lowest BCUT2D eigenvalue weighted by molar-refractivity contribution is 0.102. The van der Waals surface area contributed by atoms with E-state index < -0.39 is 0 Å². The maximum atomic E-state index is 13.0. The van der Waals surface area contributed by atoms with E-state index in [2.05, 4.69) is 22.3 Å². The van der Waals surface area contributed by atoms with E-state index in [0.717, 1.165) is 28.1 Å². The van der Waals surface area contributed by atoms with Crippen molar-refractivity contribution >= 4 is 17.5 Å². The van der Waals surface area contributed by atoms with E-state index in [-0.39, 0.29) is 11.5 Å². The maximum absolute atomic E-state index is 13.0. The van der Waals surface area contributed by atoms with Crippen molar-refractivity contribution in [3.8, 4) is 34.0 Å². The summed E-state index contributed by atoms with van der Waals surface area (Å²) in [6.07, 6.45) is 0. The van der Waals surface area contributed by atoms with E-state index in [1.807, 2.05) is 102 Å². The average Bonchev–Trinajstić information content (AvgIpc) is 3.37. The molecule has 6 heteroatoms. The number of carbonyl (C=O) groups is 1. The zero-order valence-electron chi connectivity index (χ0n) is 19.2. The largest absolute Gasteiger partial charge is 0.497 e. The molecule has 0 atom stereocenters. The van der Waals surface area contributed by atoms with Gasteiger partial charge in [-0.15, -0.1) is 10.2 Å². The molecule has 0 bridgehead atoms. The molecule has 0 aliphatic rings. The van der Waals surface area contributed by atoms with Crippen LogP contribution in [-0.2, 0) is 0 Å². The number of hydrogen-bond acceptors (Lipinski definition) is 5. The third-order valence-electron chi connectivity index (χ3n) is 5.64. The van der Waals surface area contributed by atoms with Crippen LogP contribution in [0.25, 0.3) is 28.2 Å². The van der Waals surface area contributed by atoms with E-state index in [1.165, 1.54) is 11.8 Å². The van der Waals surface area contributed by atoms with Gasteiger partial charge in [-0.05, 0) is 47.5 Å². The lowest BCUT2D eigenvalue weighted by Crippen LogP contribution is -2.05. The Kier molecular flexibility index (Phi) is 6.73. The van der Waals surface area contributed by atoms with Crippen molar-refractivity contribution < 1.29 is 9.53 Å². The Morgan fingerprint density at radius 3 is 2.00 bits per heavy atom. The van der Waals surface area contributed by atoms with Gasteiger partial charge in [-0.1, -0.05) is 84.6 Å². The SMILES string of the molecule is COc1ccc(-c2nnc(SCC(=O)c3ccc(-c4ccccc4)cc3)n2-c2ccccc2)cc1. The van der Waals surface area contributed by atoms with Crippen LogP contribution in [0, 0.1) is 0 Å². The second-order valence-corrected chi connectivity index (χ2v) is 8.80. The van der Waals surface area contributed by atoms with Crippen molar-refractivity contribution in [3.63, 3.8) is 0 Å². The summed E-state index contributed by atoms with van der Waals surface area (Å²) in [6, 6.07) is 35.5. The number of rotatable bonds is 8. The summed E-state index contributed by atoms with van der Waals surface area (Å²) >= 11 is 1.38. The molecule has 0 N–H and O–H groups in total. The first-order chi connectivity index (χ1) is 17.2. The van der Waals surface area contributed by atoms with Gasteiger partial charge in [0, 0.05) is 16.8 Å². The quantitative estimate of drug-likeness (QED) is 0.186. The molecular formula is C29H23N3O2S. The van der Waals surface area contributed by atoms with Gasteiger partial charge >= 0.3 is 0 Å². The Hall–Kier alpha value is -4.16. The van der Waals surface area contributed by atoms with Crippen LogP contribution < -0.4 is 4.74 Å². The molecule has 0 saturated heterocycles. The molecule has 5 rings (SSSR count). The first-order valence-electron chi connectivity index (χ1n) is 11.2. The first kappa shape index (κ1) is 22.6. The summed E-state index contributed by atoms with van der Waals surface area (Å²) < 4.78 is 7.26. The maximum Gasteiger partial charge on any atom is 0.196 e. The zero-order valence-corrected chi connectivity index (χ0v) is 20.0. The molecule has 0 unspecified atom stereocenters. The highest BCUT2D eigenvalue weighted by molar-refractivity contribution is 7.99. The summed E-state index contributed by atoms with van der Waals surface area (Å²) in [5.41, 5.74) is 4.74. The molecule has 1 aromatic heterocycles. The van der Waals surface area contributed by atoms with Crippen LogP contribution in [-0.4, -0.2) is 33.4 Å². The second kappa shape index (κ2) is 10.4. The molecule has 4 aromatic carbocycles. The van der Waals surface area contributed by atoms with Crippen molar-refractivity contribution in [2.75, 3.05) is 12.9 Å². The minimum atomic E-state index is 0.0446. The summed E-state index contributed by atoms with van der Waals surface area (Å²) in [7, 11) is 1.64. The van der Waals surface area contributed by atoms with Crippen molar-refractivity contribution in [3.05, 3.63) is 115 Å². The first-order valence-corrected chi connectivity index (χ1v) is 12.2. The molecule has 172 valence electrons. The number of aromatic nitrogens is 3. The van der Waals surface area contributed by atoms with E-state index in [9.17, 15) is 4.79 Å². The number of thioether (sulfide) groups is 1. The number of carbonyl (C=O) groups excluding carboxylic acids is 1. The van der Waals surface area contributed by atoms with Crippen LogP contribution in [0.4, 0.5) is 0 Å². The van der Waals surface area contributed by atoms with Crippen LogP contribution in [0.15, 0.2) is 114 Å². The standard InChI is InChI=1S/C29H23N3O2S/c1-34-26-18-16-24(17-19-26)28-30-31-29(32(28)25-10-6-3-7-11-25)35-20-27(33)23-14-12-22(13-15-23)21-8-4-2-5-9-21/h2-19H,20H2,1H3. The van der Waals surface area contributed by atoms with Gasteiger partial charge in [-0.3, -0.25) is 9.36 Å². The summed E-state index contributed by atoms with van der Waals surface area (Å²) in [5, 5.41) is 9.54. The minimum Gasteiger partial charge on any atom is -0.497 e. The molecule has 0 fully saturated rings. The Morgan fingerprint density at radius 2 is 1.34 bits per heavy atom. The van der Waals surface area contributed by atoms with Crippen molar-refractivity contribution in [2.24, 2.45) is 0 Å². The fourth-order valence-corrected chi connectivity index (χ4v) is 4.64. The van der Waals surface area contributed by atoms with E-state index in [4.69, 9.17) is 4.74 Å². The predicted octanol–water partition coefficient (Wildman–Crippen LogP) is 6.58. The second-order valence-electron chi connectivity index (χ2n) is 7.86. The number of Topliss-reactive ketones (excluding diaryl/α,β-unsaturated/α-hetero) is 1. The van der Waals surface area contributed by atoms with Gasteiger partial charge in [0.25, 0.3) is 0 Å². The number of benzene rings is 4. The Morgan fingerprint density at radius 1 is 0.743 bits per heavy atom. The van der Waals surface area contributed by atoms with Crippen LogP contribution in [0.5, 0.6) is 5.75 Å². The van der Waals surface area contributed by atoms with Gasteiger partial charge in [0.05, 0.1) is 12.9 Å². The molecule has 0 aliphatic carbocycles. The topological polar surface area (TPSA) is 57.0 Å². The number of ketones is 1. The van der Waals surface area contributed by atoms with Gasteiger partial charge in [0.15, 0.2) is 16.8 Å². The van der Waals surface area contributed by atoms with Crippen LogP contribution >= 0.6 is 11.8 Å². The third-order valence-corrected chi connectivity index (χ3v) is 6.57. The molecule has 35 heavy (non-hydrogen) atoms. The van der Waals surface area contributed by atoms with Gasteiger partial charge < -0.3 is 4.74 Å². The van der Waals surface area contributed by atoms with Crippen molar-refractivity contribution in [1.29, 1.82) is 0 Å². The lowest BCUT2D eigenvalue weighted by atomic mass is 10.0. The highest BCUT2D eigenvalue weighted by atomic mass is 32.2. The molecule has 0 radical (unpaired) electrons. The molecular weight excluding hydrogens is 454 g/mol. The van der Waals surface area contributed by atoms with E-state index in [0.29, 0.717) is 16.5 Å². The Balaban J connectivity index is 1.38. The number of ether oxygens (including phenoxy) is 1. The summed E-state index contributed by atoms with van der Waals surface area (Å²) in [5.74, 6) is 1.79. The van der Waals surface area contributed by atoms with E-state index in [1.54, 1.807) is 7.11 Å². The van der Waals surface area contributed by atoms with Gasteiger partial charge in [-0.25, -0.2) is 0 Å². The normalized spacial score (nSPS) is 10.8. The Labute approximate surface area is 208 Å². The third kappa shape index (κ3) is 5.03. The smallest absolute Gasteiger partial charge is 0.196 e. The predicted molar refractivity (Wildman–Crippen MR) is 140 cm³/mol. The van der Waals surface area contributed by atoms with Gasteiger partial charge in [-0.2, -0.15) is 0 Å². The molecule has 0 spiro atoms. The number of nitrogens with zero attached hydrogens (tertiary/aromatic N) is 3. The average molecular weight is 478 g/mol. The molecule has 0 saturated carbocycles. The lowest BCUT2D eigenvalue weighted by Gasteiger charge is -2.10. The number of methoxy groups -OCH3 is 1. The highest BCUT2D eigenvalue weighted by Crippen LogP contribution is 2.29. The monoisotopic (exact) mass is 477 g/mol. The van der Waals surface area contributed by atoms with Crippen molar-refractivity contribution in [1.82, 2.24) is 14.8 Å². The molecule has 1 heterocycles. The van der Waals surface area contributed by atoms with Crippen molar-refractivity contribution in [2.45, 2.75) is 5.16 Å². The molecule has 0 aliphatic heterocycles. The van der Waals surface area contributed by atoms with Crippen LogP contribution in [0.3, 0.4) is 0 Å². The number of hydrogen-bond donors (Lipinski definition) is 0.